The van der Waals surface area contributed by atoms with Gasteiger partial charge in [-0.3, -0.25) is 9.69 Å². The van der Waals surface area contributed by atoms with E-state index in [2.05, 4.69) is 40.4 Å². The molecule has 0 aromatic heterocycles. The van der Waals surface area contributed by atoms with Crippen molar-refractivity contribution in [3.63, 3.8) is 0 Å². The molecule has 1 aromatic carbocycles. The Morgan fingerprint density at radius 1 is 1.35 bits per heavy atom. The van der Waals surface area contributed by atoms with Gasteiger partial charge in [-0.25, -0.2) is 0 Å². The third-order valence-corrected chi connectivity index (χ3v) is 4.13. The van der Waals surface area contributed by atoms with Crippen molar-refractivity contribution in [3.05, 3.63) is 35.4 Å². The van der Waals surface area contributed by atoms with Gasteiger partial charge in [0.1, 0.15) is 0 Å². The number of benzene rings is 1. The molecule has 20 heavy (non-hydrogen) atoms. The molecule has 1 unspecified atom stereocenters. The van der Waals surface area contributed by atoms with Crippen LogP contribution in [0.5, 0.6) is 0 Å². The lowest BCUT2D eigenvalue weighted by Crippen LogP contribution is -2.39. The van der Waals surface area contributed by atoms with Crippen LogP contribution in [0, 0.1) is 12.3 Å². The van der Waals surface area contributed by atoms with Gasteiger partial charge in [0.25, 0.3) is 0 Å². The number of terminal acetylenes is 1. The van der Waals surface area contributed by atoms with Gasteiger partial charge in [0.2, 0.25) is 5.91 Å². The summed E-state index contributed by atoms with van der Waals surface area (Å²) >= 11 is 0. The SMILES string of the molecule is C#CCN(CC(=O)NC1CC1)C1CCc2ccccc21. The van der Waals surface area contributed by atoms with Gasteiger partial charge in [-0.1, -0.05) is 30.2 Å². The predicted molar refractivity (Wildman–Crippen MR) is 79.1 cm³/mol. The summed E-state index contributed by atoms with van der Waals surface area (Å²) in [6, 6.07) is 9.17. The van der Waals surface area contributed by atoms with Crippen LogP contribution < -0.4 is 5.32 Å². The second-order valence-electron chi connectivity index (χ2n) is 5.70. The van der Waals surface area contributed by atoms with Gasteiger partial charge in [-0.15, -0.1) is 6.42 Å². The van der Waals surface area contributed by atoms with Gasteiger partial charge in [0.05, 0.1) is 13.1 Å². The van der Waals surface area contributed by atoms with Crippen molar-refractivity contribution in [2.24, 2.45) is 0 Å². The summed E-state index contributed by atoms with van der Waals surface area (Å²) < 4.78 is 0. The summed E-state index contributed by atoms with van der Waals surface area (Å²) in [6.45, 7) is 0.927. The molecule has 0 radical (unpaired) electrons. The summed E-state index contributed by atoms with van der Waals surface area (Å²) in [5.74, 6) is 2.80. The van der Waals surface area contributed by atoms with E-state index >= 15 is 0 Å². The molecular formula is C17H20N2O. The molecule has 3 nitrogen and oxygen atoms in total. The Bertz CT molecular complexity index is 542. The summed E-state index contributed by atoms with van der Waals surface area (Å²) in [4.78, 5) is 14.2. The fourth-order valence-corrected chi connectivity index (χ4v) is 2.99. The van der Waals surface area contributed by atoms with Gasteiger partial charge in [-0.2, -0.15) is 0 Å². The van der Waals surface area contributed by atoms with E-state index in [1.165, 1.54) is 11.1 Å². The van der Waals surface area contributed by atoms with Gasteiger partial charge >= 0.3 is 0 Å². The highest BCUT2D eigenvalue weighted by Gasteiger charge is 2.30. The molecule has 0 heterocycles. The number of carbonyl (C=O) groups is 1. The Hall–Kier alpha value is -1.79. The molecule has 0 bridgehead atoms. The molecule has 104 valence electrons. The lowest BCUT2D eigenvalue weighted by molar-refractivity contribution is -0.122. The monoisotopic (exact) mass is 268 g/mol. The quantitative estimate of drug-likeness (QED) is 0.827. The van der Waals surface area contributed by atoms with Gasteiger partial charge in [0, 0.05) is 12.1 Å². The first-order valence-corrected chi connectivity index (χ1v) is 7.32. The minimum absolute atomic E-state index is 0.104. The van der Waals surface area contributed by atoms with E-state index in [0.717, 1.165) is 25.7 Å². The fourth-order valence-electron chi connectivity index (χ4n) is 2.99. The van der Waals surface area contributed by atoms with Gasteiger partial charge in [0.15, 0.2) is 0 Å². The predicted octanol–water partition coefficient (Wildman–Crippen LogP) is 1.89. The summed E-state index contributed by atoms with van der Waals surface area (Å²) in [7, 11) is 0. The van der Waals surface area contributed by atoms with Crippen LogP contribution in [0.3, 0.4) is 0 Å². The minimum atomic E-state index is 0.104. The number of amides is 1. The molecule has 1 saturated carbocycles. The Morgan fingerprint density at radius 3 is 2.90 bits per heavy atom. The maximum absolute atomic E-state index is 12.0. The highest BCUT2D eigenvalue weighted by molar-refractivity contribution is 5.78. The second-order valence-corrected chi connectivity index (χ2v) is 5.70. The molecule has 2 aliphatic carbocycles. The average molecular weight is 268 g/mol. The van der Waals surface area contributed by atoms with Crippen LogP contribution in [0.25, 0.3) is 0 Å². The zero-order valence-corrected chi connectivity index (χ0v) is 11.6. The van der Waals surface area contributed by atoms with E-state index in [9.17, 15) is 4.79 Å². The molecule has 1 atom stereocenters. The zero-order valence-electron chi connectivity index (χ0n) is 11.6. The zero-order chi connectivity index (χ0) is 13.9. The summed E-state index contributed by atoms with van der Waals surface area (Å²) in [6.07, 6.45) is 9.85. The van der Waals surface area contributed by atoms with E-state index in [0.29, 0.717) is 19.1 Å². The van der Waals surface area contributed by atoms with Crippen molar-refractivity contribution in [1.82, 2.24) is 10.2 Å². The summed E-state index contributed by atoms with van der Waals surface area (Å²) in [5.41, 5.74) is 2.73. The average Bonchev–Trinajstić information content (AvgIpc) is 3.15. The molecule has 0 saturated heterocycles. The first kappa shape index (κ1) is 13.2. The Labute approximate surface area is 120 Å². The van der Waals surface area contributed by atoms with Crippen LogP contribution >= 0.6 is 0 Å². The molecule has 1 aromatic rings. The van der Waals surface area contributed by atoms with Crippen molar-refractivity contribution in [3.8, 4) is 12.3 Å². The van der Waals surface area contributed by atoms with Crippen LogP contribution in [-0.2, 0) is 11.2 Å². The number of fused-ring (bicyclic) bond motifs is 1. The molecular weight excluding hydrogens is 248 g/mol. The maximum atomic E-state index is 12.0. The highest BCUT2D eigenvalue weighted by atomic mass is 16.2. The minimum Gasteiger partial charge on any atom is -0.352 e. The van der Waals surface area contributed by atoms with Crippen molar-refractivity contribution in [2.45, 2.75) is 37.8 Å². The van der Waals surface area contributed by atoms with Crippen LogP contribution in [0.2, 0.25) is 0 Å². The number of rotatable bonds is 5. The molecule has 1 amide bonds. The molecule has 0 aliphatic heterocycles. The van der Waals surface area contributed by atoms with E-state index in [-0.39, 0.29) is 11.9 Å². The maximum Gasteiger partial charge on any atom is 0.234 e. The summed E-state index contributed by atoms with van der Waals surface area (Å²) in [5, 5.41) is 3.04. The van der Waals surface area contributed by atoms with Crippen LogP contribution in [0.1, 0.15) is 36.4 Å². The molecule has 2 aliphatic rings. The third kappa shape index (κ3) is 2.86. The van der Waals surface area contributed by atoms with Crippen molar-refractivity contribution < 1.29 is 4.79 Å². The topological polar surface area (TPSA) is 32.3 Å². The van der Waals surface area contributed by atoms with Crippen molar-refractivity contribution >= 4 is 5.91 Å². The van der Waals surface area contributed by atoms with E-state index < -0.39 is 0 Å². The largest absolute Gasteiger partial charge is 0.352 e. The lowest BCUT2D eigenvalue weighted by Gasteiger charge is -2.27. The molecule has 3 heteroatoms. The number of hydrogen-bond acceptors (Lipinski definition) is 2. The van der Waals surface area contributed by atoms with Gasteiger partial charge < -0.3 is 5.32 Å². The Kier molecular flexibility index (Phi) is 3.75. The Morgan fingerprint density at radius 2 is 2.15 bits per heavy atom. The van der Waals surface area contributed by atoms with E-state index in [1.807, 2.05) is 0 Å². The Balaban J connectivity index is 1.70. The fraction of sp³-hybridized carbons (Fsp3) is 0.471. The smallest absolute Gasteiger partial charge is 0.234 e. The van der Waals surface area contributed by atoms with E-state index in [4.69, 9.17) is 6.42 Å². The molecule has 1 fully saturated rings. The number of nitrogens with zero attached hydrogens (tertiary/aromatic N) is 1. The number of carbonyl (C=O) groups excluding carboxylic acids is 1. The van der Waals surface area contributed by atoms with Crippen molar-refractivity contribution in [2.75, 3.05) is 13.1 Å². The van der Waals surface area contributed by atoms with E-state index in [1.54, 1.807) is 0 Å². The third-order valence-electron chi connectivity index (χ3n) is 4.13. The highest BCUT2D eigenvalue weighted by Crippen LogP contribution is 2.35. The molecule has 3 rings (SSSR count). The normalized spacial score (nSPS) is 20.5. The number of nitrogens with one attached hydrogen (secondary N) is 1. The van der Waals surface area contributed by atoms with Crippen LogP contribution in [0.15, 0.2) is 24.3 Å². The van der Waals surface area contributed by atoms with Crippen molar-refractivity contribution in [1.29, 1.82) is 0 Å². The molecule has 0 spiro atoms. The van der Waals surface area contributed by atoms with Gasteiger partial charge in [-0.05, 0) is 36.8 Å². The number of hydrogen-bond donors (Lipinski definition) is 1. The van der Waals surface area contributed by atoms with Crippen LogP contribution in [-0.4, -0.2) is 29.9 Å². The number of aryl methyl sites for hydroxylation is 1. The second kappa shape index (κ2) is 5.68. The first-order chi connectivity index (χ1) is 9.78. The van der Waals surface area contributed by atoms with Crippen LogP contribution in [0.4, 0.5) is 0 Å². The first-order valence-electron chi connectivity index (χ1n) is 7.32. The lowest BCUT2D eigenvalue weighted by atomic mass is 10.1. The molecule has 1 N–H and O–H groups in total. The standard InChI is InChI=1S/C17H20N2O/c1-2-11-19(12-17(20)18-14-8-9-14)16-10-7-13-5-3-4-6-15(13)16/h1,3-6,14,16H,7-12H2,(H,18,20).